The highest BCUT2D eigenvalue weighted by Gasteiger charge is 2.31. The van der Waals surface area contributed by atoms with Crippen molar-refractivity contribution in [2.45, 2.75) is 205 Å². The lowest BCUT2D eigenvalue weighted by Gasteiger charge is -2.16. The first-order valence-corrected chi connectivity index (χ1v) is 44.7. The Morgan fingerprint density at radius 2 is 0.479 bits per heavy atom. The molecular formula is C111H126N6. The fourth-order valence-corrected chi connectivity index (χ4v) is 18.0. The quantitative estimate of drug-likeness (QED) is 0.142. The molecule has 0 amide bonds. The first-order chi connectivity index (χ1) is 58.1. The molecule has 6 aromatic heterocycles. The van der Waals surface area contributed by atoms with Gasteiger partial charge in [-0.25, -0.2) is 15.0 Å². The van der Waals surface area contributed by atoms with Crippen LogP contribution in [0.3, 0.4) is 0 Å². The normalized spacial score (nSPS) is 11.4. The molecule has 18 aromatic rings. The Kier molecular flexibility index (Phi) is 30.5. The van der Waals surface area contributed by atoms with Gasteiger partial charge < -0.3 is 0 Å². The minimum atomic E-state index is 0.990. The largest absolute Gasteiger partial charge is 0.299 e. The van der Waals surface area contributed by atoms with Crippen molar-refractivity contribution in [3.63, 3.8) is 0 Å². The highest BCUT2D eigenvalue weighted by molar-refractivity contribution is 6.23. The van der Waals surface area contributed by atoms with Crippen molar-refractivity contribution in [2.24, 2.45) is 0 Å². The maximum Gasteiger partial charge on any atom is 0.145 e. The molecule has 0 atom stereocenters. The van der Waals surface area contributed by atoms with Crippen molar-refractivity contribution in [1.82, 2.24) is 28.2 Å². The van der Waals surface area contributed by atoms with Crippen LogP contribution in [0.1, 0.15) is 233 Å². The summed E-state index contributed by atoms with van der Waals surface area (Å²) in [6.07, 6.45) is 18.1. The SMILES string of the molecule is CC.CC.CC.CC.CC.CC.CC.CC.CC.CC.CC.CC.c1ccc2c(c1)Cc1c-2ccc2c1c1c3c(ccc1c1nccn21)Cc1ccccc1-3.c1ccc2c(c1)Cc1cc3c(cc1-2)c1c2c(ccc1n1ccnc31)-c1ccccc1C2.c1ccc2c(c1)Cc1cc3c(cc1-2)c1c2c(ccc1n1ccnc31)Cc1ccccc1-2. The van der Waals surface area contributed by atoms with Gasteiger partial charge in [-0.3, -0.25) is 13.2 Å². The topological polar surface area (TPSA) is 51.9 Å². The second-order valence-corrected chi connectivity index (χ2v) is 26.5. The summed E-state index contributed by atoms with van der Waals surface area (Å²) in [5, 5.41) is 11.9. The molecule has 6 aliphatic rings. The lowest BCUT2D eigenvalue weighted by Crippen LogP contribution is -1.96. The Morgan fingerprint density at radius 1 is 0.197 bits per heavy atom. The third kappa shape index (κ3) is 15.2. The molecule has 6 nitrogen and oxygen atoms in total. The molecule has 117 heavy (non-hydrogen) atoms. The number of fused-ring (bicyclic) bond motifs is 40. The van der Waals surface area contributed by atoms with Crippen LogP contribution in [-0.2, 0) is 38.5 Å². The molecule has 0 bridgehead atoms. The van der Waals surface area contributed by atoms with E-state index in [0.717, 1.165) is 55.5 Å². The fraction of sp³-hybridized carbons (Fsp3) is 0.270. The summed E-state index contributed by atoms with van der Waals surface area (Å²) in [5.41, 5.74) is 40.6. The monoisotopic (exact) mass is 1540 g/mol. The zero-order valence-electron chi connectivity index (χ0n) is 74.7. The van der Waals surface area contributed by atoms with Gasteiger partial charge in [0, 0.05) is 74.9 Å². The van der Waals surface area contributed by atoms with E-state index in [1.54, 1.807) is 0 Å². The van der Waals surface area contributed by atoms with Gasteiger partial charge in [0.2, 0.25) is 0 Å². The average molecular weight is 1540 g/mol. The van der Waals surface area contributed by atoms with Crippen LogP contribution in [0.5, 0.6) is 0 Å². The molecule has 12 aromatic carbocycles. The van der Waals surface area contributed by atoms with Crippen LogP contribution in [0.2, 0.25) is 0 Å². The van der Waals surface area contributed by atoms with Crippen LogP contribution >= 0.6 is 0 Å². The van der Waals surface area contributed by atoms with E-state index in [2.05, 4.69) is 250 Å². The summed E-state index contributed by atoms with van der Waals surface area (Å²) < 4.78 is 6.82. The Morgan fingerprint density at radius 3 is 0.880 bits per heavy atom. The highest BCUT2D eigenvalue weighted by Crippen LogP contribution is 2.52. The average Bonchev–Trinajstić information content (AvgIpc) is 1.61. The predicted octanol–water partition coefficient (Wildman–Crippen LogP) is 32.7. The molecule has 0 aliphatic heterocycles. The zero-order chi connectivity index (χ0) is 84.3. The highest BCUT2D eigenvalue weighted by atomic mass is 15.0. The van der Waals surface area contributed by atoms with E-state index >= 15 is 0 Å². The van der Waals surface area contributed by atoms with Crippen molar-refractivity contribution in [2.75, 3.05) is 0 Å². The van der Waals surface area contributed by atoms with Crippen molar-refractivity contribution in [1.29, 1.82) is 0 Å². The van der Waals surface area contributed by atoms with E-state index in [1.165, 1.54) is 199 Å². The molecule has 6 aliphatic carbocycles. The number of hydrogen-bond acceptors (Lipinski definition) is 3. The van der Waals surface area contributed by atoms with E-state index in [-0.39, 0.29) is 0 Å². The number of pyridine rings is 3. The van der Waals surface area contributed by atoms with Gasteiger partial charge in [0.25, 0.3) is 0 Å². The number of hydrogen-bond donors (Lipinski definition) is 0. The second-order valence-electron chi connectivity index (χ2n) is 26.5. The number of benzene rings is 12. The molecule has 6 heteroatoms. The van der Waals surface area contributed by atoms with Gasteiger partial charge in [-0.15, -0.1) is 0 Å². The molecule has 6 heterocycles. The Hall–Kier alpha value is -11.7. The number of nitrogens with zero attached hydrogens (tertiary/aromatic N) is 6. The van der Waals surface area contributed by atoms with Crippen LogP contribution in [0, 0.1) is 0 Å². The summed E-state index contributed by atoms with van der Waals surface area (Å²) in [4.78, 5) is 14.3. The van der Waals surface area contributed by atoms with Gasteiger partial charge >= 0.3 is 0 Å². The van der Waals surface area contributed by atoms with E-state index in [1.807, 2.05) is 185 Å². The third-order valence-corrected chi connectivity index (χ3v) is 21.9. The predicted molar refractivity (Wildman–Crippen MR) is 516 cm³/mol. The minimum Gasteiger partial charge on any atom is -0.299 e. The van der Waals surface area contributed by atoms with Crippen LogP contribution < -0.4 is 0 Å². The molecule has 0 unspecified atom stereocenters. The van der Waals surface area contributed by atoms with Gasteiger partial charge in [-0.05, 0) is 225 Å². The molecule has 24 rings (SSSR count). The molecular weight excluding hydrogens is 1420 g/mol. The standard InChI is InChI=1S/3C29H18N2.12C2H6/c1-4-8-21-17(5-1)13-19-15-26-25(16-23(19)21)28-24-14-18-6-2-3-7-20(18)22(24)9-10-27(28)31-12-11-30-29(26)31;1-3-7-20-18(6-1)16-24-22(20)11-12-25-27(24)28-23(29-30-13-14-31(25)29)10-9-19-15-17-5-2-4-8-21(17)26(19)28;1-3-7-21-17(5-1)14-20-15-25-24(16-23(20)21)28-26(31-12-11-30-29(25)31)10-9-19-13-18-6-2-4-8-22(18)27(19)28;12*1-2/h1-12,15-16H,13-14H2;1-14H,15-16H2;1-12,15-16H,13-14H2;12*1-2H3. The first-order valence-electron chi connectivity index (χ1n) is 44.7. The Labute approximate surface area is 699 Å². The van der Waals surface area contributed by atoms with Gasteiger partial charge in [-0.1, -0.05) is 342 Å². The van der Waals surface area contributed by atoms with Crippen LogP contribution in [0.4, 0.5) is 0 Å². The third-order valence-electron chi connectivity index (χ3n) is 21.9. The molecule has 0 spiro atoms. The molecule has 0 saturated carbocycles. The maximum atomic E-state index is 4.77. The summed E-state index contributed by atoms with van der Waals surface area (Å²) in [5.74, 6) is 0. The molecule has 0 radical (unpaired) electrons. The Bertz CT molecular complexity index is 6390. The van der Waals surface area contributed by atoms with Gasteiger partial charge in [0.1, 0.15) is 16.9 Å². The lowest BCUT2D eigenvalue weighted by atomic mass is 9.91. The summed E-state index contributed by atoms with van der Waals surface area (Å²) >= 11 is 0. The van der Waals surface area contributed by atoms with E-state index in [0.29, 0.717) is 0 Å². The van der Waals surface area contributed by atoms with Crippen molar-refractivity contribution >= 4 is 82.0 Å². The number of aromatic nitrogens is 6. The van der Waals surface area contributed by atoms with Crippen LogP contribution in [0.15, 0.2) is 256 Å². The molecule has 0 N–H and O–H groups in total. The molecule has 600 valence electrons. The van der Waals surface area contributed by atoms with Gasteiger partial charge in [-0.2, -0.15) is 0 Å². The van der Waals surface area contributed by atoms with Crippen molar-refractivity contribution in [3.8, 4) is 66.8 Å². The van der Waals surface area contributed by atoms with Crippen molar-refractivity contribution < 1.29 is 0 Å². The fourth-order valence-electron chi connectivity index (χ4n) is 18.0. The maximum absolute atomic E-state index is 4.77. The number of imidazole rings is 3. The zero-order valence-corrected chi connectivity index (χ0v) is 74.7. The molecule has 0 saturated heterocycles. The van der Waals surface area contributed by atoms with E-state index in [4.69, 9.17) is 15.0 Å². The van der Waals surface area contributed by atoms with Gasteiger partial charge in [0.05, 0.1) is 16.6 Å². The van der Waals surface area contributed by atoms with Gasteiger partial charge in [0.15, 0.2) is 0 Å². The van der Waals surface area contributed by atoms with E-state index < -0.39 is 0 Å². The Balaban J connectivity index is 0.000000164. The molecule has 0 fully saturated rings. The summed E-state index contributed by atoms with van der Waals surface area (Å²) in [6.45, 7) is 48.0. The smallest absolute Gasteiger partial charge is 0.145 e. The summed E-state index contributed by atoms with van der Waals surface area (Å²) in [6, 6.07) is 81.2. The second kappa shape index (κ2) is 40.7. The number of rotatable bonds is 0. The van der Waals surface area contributed by atoms with Crippen LogP contribution in [0.25, 0.3) is 149 Å². The first kappa shape index (κ1) is 87.7. The lowest BCUT2D eigenvalue weighted by molar-refractivity contribution is 1.24. The summed E-state index contributed by atoms with van der Waals surface area (Å²) in [7, 11) is 0. The van der Waals surface area contributed by atoms with E-state index in [9.17, 15) is 0 Å². The van der Waals surface area contributed by atoms with Crippen LogP contribution in [-0.4, -0.2) is 28.2 Å². The minimum absolute atomic E-state index is 0.990. The van der Waals surface area contributed by atoms with Crippen molar-refractivity contribution in [3.05, 3.63) is 322 Å².